The summed E-state index contributed by atoms with van der Waals surface area (Å²) in [4.78, 5) is 15.4. The molecule has 0 radical (unpaired) electrons. The number of hydrogen-bond donors (Lipinski definition) is 0. The molecule has 26 heavy (non-hydrogen) atoms. The van der Waals surface area contributed by atoms with E-state index in [4.69, 9.17) is 9.47 Å². The van der Waals surface area contributed by atoms with Crippen molar-refractivity contribution in [1.29, 1.82) is 0 Å². The minimum Gasteiger partial charge on any atom is -0.495 e. The summed E-state index contributed by atoms with van der Waals surface area (Å²) in [7, 11) is 1.68. The Morgan fingerprint density at radius 2 is 1.96 bits per heavy atom. The number of methoxy groups -OCH3 is 1. The van der Waals surface area contributed by atoms with E-state index in [0.29, 0.717) is 6.54 Å². The summed E-state index contributed by atoms with van der Waals surface area (Å²) in [6.07, 6.45) is 1.89. The zero-order valence-electron chi connectivity index (χ0n) is 15.4. The lowest BCUT2D eigenvalue weighted by Gasteiger charge is -2.27. The first kappa shape index (κ1) is 17.1. The van der Waals surface area contributed by atoms with Gasteiger partial charge in [0.1, 0.15) is 5.75 Å². The van der Waals surface area contributed by atoms with E-state index in [2.05, 4.69) is 15.5 Å². The minimum atomic E-state index is 0.0633. The Bertz CT molecular complexity index is 983. The summed E-state index contributed by atoms with van der Waals surface area (Å²) < 4.78 is 15.1. The lowest BCUT2D eigenvalue weighted by Crippen LogP contribution is -2.38. The fourth-order valence-corrected chi connectivity index (χ4v) is 3.88. The summed E-state index contributed by atoms with van der Waals surface area (Å²) in [5, 5.41) is 1.75. The third kappa shape index (κ3) is 2.79. The molecule has 0 bridgehead atoms. The first-order valence-electron chi connectivity index (χ1n) is 9.23. The standard InChI is InChI=1S/C20H25N3O3/c1-3-22-8-7-16-18(20(22)24)15-5-4-6-17(25-2)19(15)23(16)10-9-21-11-13-26-14-12-21/h4-8H,3,9-14H2,1-2H3. The molecule has 2 aromatic heterocycles. The topological polar surface area (TPSA) is 48.6 Å². The average Bonchev–Trinajstić information content (AvgIpc) is 3.02. The molecule has 0 unspecified atom stereocenters. The van der Waals surface area contributed by atoms with Crippen molar-refractivity contribution in [3.8, 4) is 5.75 Å². The van der Waals surface area contributed by atoms with Gasteiger partial charge in [0.15, 0.2) is 0 Å². The highest BCUT2D eigenvalue weighted by Gasteiger charge is 2.19. The van der Waals surface area contributed by atoms with Crippen molar-refractivity contribution in [3.63, 3.8) is 0 Å². The number of ether oxygens (including phenoxy) is 2. The third-order valence-electron chi connectivity index (χ3n) is 5.28. The van der Waals surface area contributed by atoms with Crippen LogP contribution in [0.1, 0.15) is 6.92 Å². The van der Waals surface area contributed by atoms with Crippen molar-refractivity contribution in [2.45, 2.75) is 20.0 Å². The molecule has 1 aliphatic rings. The molecule has 1 fully saturated rings. The number of hydrogen-bond acceptors (Lipinski definition) is 4. The second-order valence-electron chi connectivity index (χ2n) is 6.63. The number of morpholine rings is 1. The molecule has 3 aromatic rings. The zero-order chi connectivity index (χ0) is 18.1. The highest BCUT2D eigenvalue weighted by atomic mass is 16.5. The number of aryl methyl sites for hydroxylation is 1. The van der Waals surface area contributed by atoms with Gasteiger partial charge in [0.25, 0.3) is 5.56 Å². The van der Waals surface area contributed by atoms with E-state index >= 15 is 0 Å². The predicted molar refractivity (Wildman–Crippen MR) is 103 cm³/mol. The average molecular weight is 355 g/mol. The summed E-state index contributed by atoms with van der Waals surface area (Å²) >= 11 is 0. The van der Waals surface area contributed by atoms with Crippen molar-refractivity contribution in [2.75, 3.05) is 40.0 Å². The van der Waals surface area contributed by atoms with Crippen molar-refractivity contribution >= 4 is 21.8 Å². The van der Waals surface area contributed by atoms with Crippen LogP contribution in [0.4, 0.5) is 0 Å². The Morgan fingerprint density at radius 3 is 2.69 bits per heavy atom. The molecule has 1 saturated heterocycles. The molecule has 3 heterocycles. The number of para-hydroxylation sites is 1. The third-order valence-corrected chi connectivity index (χ3v) is 5.28. The Morgan fingerprint density at radius 1 is 1.15 bits per heavy atom. The van der Waals surface area contributed by atoms with Gasteiger partial charge in [-0.15, -0.1) is 0 Å². The number of pyridine rings is 1. The van der Waals surface area contributed by atoms with E-state index in [1.54, 1.807) is 11.7 Å². The molecule has 1 aliphatic heterocycles. The fraction of sp³-hybridized carbons (Fsp3) is 0.450. The Labute approximate surface area is 152 Å². The number of fused-ring (bicyclic) bond motifs is 3. The molecule has 0 atom stereocenters. The van der Waals surface area contributed by atoms with Crippen LogP contribution in [0.15, 0.2) is 35.3 Å². The van der Waals surface area contributed by atoms with E-state index < -0.39 is 0 Å². The highest BCUT2D eigenvalue weighted by molar-refractivity contribution is 6.09. The van der Waals surface area contributed by atoms with Gasteiger partial charge in [0.2, 0.25) is 0 Å². The van der Waals surface area contributed by atoms with Crippen LogP contribution in [0.3, 0.4) is 0 Å². The van der Waals surface area contributed by atoms with Gasteiger partial charge in [0.05, 0.1) is 36.7 Å². The number of benzene rings is 1. The predicted octanol–water partition coefficient (Wildman–Crippen LogP) is 2.32. The van der Waals surface area contributed by atoms with Gasteiger partial charge in [0, 0.05) is 44.3 Å². The second kappa shape index (κ2) is 7.13. The van der Waals surface area contributed by atoms with Crippen LogP contribution in [0.5, 0.6) is 5.75 Å². The van der Waals surface area contributed by atoms with Gasteiger partial charge in [-0.3, -0.25) is 9.69 Å². The van der Waals surface area contributed by atoms with Crippen LogP contribution in [-0.4, -0.2) is 54.0 Å². The maximum atomic E-state index is 13.0. The molecule has 1 aromatic carbocycles. The van der Waals surface area contributed by atoms with E-state index in [0.717, 1.165) is 66.9 Å². The quantitative estimate of drug-likeness (QED) is 0.705. The van der Waals surface area contributed by atoms with Gasteiger partial charge in [-0.05, 0) is 19.1 Å². The van der Waals surface area contributed by atoms with Crippen LogP contribution in [0.2, 0.25) is 0 Å². The molecule has 4 rings (SSSR count). The van der Waals surface area contributed by atoms with Crippen molar-refractivity contribution in [2.24, 2.45) is 0 Å². The summed E-state index contributed by atoms with van der Waals surface area (Å²) in [6, 6.07) is 7.99. The largest absolute Gasteiger partial charge is 0.495 e. The Hall–Kier alpha value is -2.31. The van der Waals surface area contributed by atoms with Crippen molar-refractivity contribution < 1.29 is 9.47 Å². The summed E-state index contributed by atoms with van der Waals surface area (Å²) in [6.45, 7) is 7.89. The molecule has 0 N–H and O–H groups in total. The molecule has 0 amide bonds. The van der Waals surface area contributed by atoms with Gasteiger partial charge in [-0.25, -0.2) is 0 Å². The van der Waals surface area contributed by atoms with Gasteiger partial charge in [-0.2, -0.15) is 0 Å². The van der Waals surface area contributed by atoms with Crippen LogP contribution in [0.25, 0.3) is 21.8 Å². The fourth-order valence-electron chi connectivity index (χ4n) is 3.88. The van der Waals surface area contributed by atoms with Gasteiger partial charge in [-0.1, -0.05) is 12.1 Å². The summed E-state index contributed by atoms with van der Waals surface area (Å²) in [5.74, 6) is 0.808. The first-order valence-corrected chi connectivity index (χ1v) is 9.23. The van der Waals surface area contributed by atoms with Gasteiger partial charge >= 0.3 is 0 Å². The SMILES string of the molecule is CCn1ccc2c(c1=O)c1cccc(OC)c1n2CCN1CCOCC1. The summed E-state index contributed by atoms with van der Waals surface area (Å²) in [5.41, 5.74) is 2.05. The molecule has 138 valence electrons. The van der Waals surface area contributed by atoms with Crippen LogP contribution >= 0.6 is 0 Å². The highest BCUT2D eigenvalue weighted by Crippen LogP contribution is 2.33. The Kier molecular flexibility index (Phi) is 4.70. The molecule has 0 saturated carbocycles. The minimum absolute atomic E-state index is 0.0633. The van der Waals surface area contributed by atoms with E-state index in [1.165, 1.54) is 0 Å². The molecular formula is C20H25N3O3. The van der Waals surface area contributed by atoms with E-state index in [9.17, 15) is 4.79 Å². The first-order chi connectivity index (χ1) is 12.7. The van der Waals surface area contributed by atoms with E-state index in [1.807, 2.05) is 31.3 Å². The monoisotopic (exact) mass is 355 g/mol. The molecular weight excluding hydrogens is 330 g/mol. The van der Waals surface area contributed by atoms with Crippen LogP contribution in [-0.2, 0) is 17.8 Å². The van der Waals surface area contributed by atoms with Crippen LogP contribution in [0, 0.1) is 0 Å². The zero-order valence-corrected chi connectivity index (χ0v) is 15.4. The Balaban J connectivity index is 1.88. The lowest BCUT2D eigenvalue weighted by atomic mass is 10.2. The normalized spacial score (nSPS) is 15.8. The molecule has 6 heteroatoms. The maximum Gasteiger partial charge on any atom is 0.260 e. The molecule has 0 spiro atoms. The number of aromatic nitrogens is 2. The molecule has 6 nitrogen and oxygen atoms in total. The smallest absolute Gasteiger partial charge is 0.260 e. The van der Waals surface area contributed by atoms with Crippen molar-refractivity contribution in [3.05, 3.63) is 40.8 Å². The number of nitrogens with zero attached hydrogens (tertiary/aromatic N) is 3. The maximum absolute atomic E-state index is 13.0. The number of rotatable bonds is 5. The second-order valence-corrected chi connectivity index (χ2v) is 6.63. The van der Waals surface area contributed by atoms with Crippen molar-refractivity contribution in [1.82, 2.24) is 14.0 Å². The van der Waals surface area contributed by atoms with Crippen LogP contribution < -0.4 is 10.3 Å². The molecule has 0 aliphatic carbocycles. The van der Waals surface area contributed by atoms with Gasteiger partial charge < -0.3 is 18.6 Å². The van der Waals surface area contributed by atoms with E-state index in [-0.39, 0.29) is 5.56 Å². The lowest BCUT2D eigenvalue weighted by molar-refractivity contribution is 0.0366.